The van der Waals surface area contributed by atoms with Crippen LogP contribution in [0.1, 0.15) is 6.42 Å². The van der Waals surface area contributed by atoms with Crippen molar-refractivity contribution in [2.24, 2.45) is 5.73 Å². The third-order valence-electron chi connectivity index (χ3n) is 4.59. The van der Waals surface area contributed by atoms with Gasteiger partial charge in [0.1, 0.15) is 5.82 Å². The fourth-order valence-corrected chi connectivity index (χ4v) is 3.32. The predicted molar refractivity (Wildman–Crippen MR) is 81.9 cm³/mol. The van der Waals surface area contributed by atoms with Crippen LogP contribution in [-0.2, 0) is 0 Å². The molecule has 1 aromatic rings. The molecule has 2 fully saturated rings. The van der Waals surface area contributed by atoms with E-state index in [1.54, 1.807) is 0 Å². The number of hydrogen-bond donors (Lipinski definition) is 1. The van der Waals surface area contributed by atoms with Gasteiger partial charge in [0.05, 0.1) is 0 Å². The van der Waals surface area contributed by atoms with Gasteiger partial charge in [-0.05, 0) is 32.1 Å². The summed E-state index contributed by atoms with van der Waals surface area (Å²) in [7, 11) is 2.20. The maximum atomic E-state index is 6.32. The van der Waals surface area contributed by atoms with E-state index >= 15 is 0 Å². The monoisotopic (exact) mass is 275 g/mol. The molecule has 0 aliphatic carbocycles. The van der Waals surface area contributed by atoms with Crippen LogP contribution in [0.25, 0.3) is 0 Å². The molecule has 2 atom stereocenters. The van der Waals surface area contributed by atoms with Crippen LogP contribution in [0, 0.1) is 0 Å². The van der Waals surface area contributed by atoms with Gasteiger partial charge in [-0.15, -0.1) is 0 Å². The van der Waals surface area contributed by atoms with Crippen molar-refractivity contribution in [2.45, 2.75) is 18.5 Å². The Balaban J connectivity index is 1.58. The summed E-state index contributed by atoms with van der Waals surface area (Å²) in [6.07, 6.45) is 2.98. The smallest absolute Gasteiger partial charge is 0.128 e. The first-order valence-corrected chi connectivity index (χ1v) is 7.58. The van der Waals surface area contributed by atoms with Crippen LogP contribution < -0.4 is 10.6 Å². The van der Waals surface area contributed by atoms with E-state index in [-0.39, 0.29) is 0 Å². The van der Waals surface area contributed by atoms with E-state index in [0.29, 0.717) is 12.1 Å². The van der Waals surface area contributed by atoms with Crippen LogP contribution >= 0.6 is 0 Å². The number of piperazine rings is 1. The van der Waals surface area contributed by atoms with E-state index in [9.17, 15) is 0 Å². The van der Waals surface area contributed by atoms with E-state index < -0.39 is 0 Å². The summed E-state index contributed by atoms with van der Waals surface area (Å²) in [4.78, 5) is 11.8. The number of rotatable bonds is 2. The predicted octanol–water partition coefficient (Wildman–Crippen LogP) is 0.235. The normalized spacial score (nSPS) is 29.6. The summed E-state index contributed by atoms with van der Waals surface area (Å²) in [5, 5.41) is 0. The second-order valence-electron chi connectivity index (χ2n) is 5.99. The lowest BCUT2D eigenvalue weighted by molar-refractivity contribution is 0.0900. The van der Waals surface area contributed by atoms with Crippen LogP contribution in [0.2, 0.25) is 0 Å². The topological polar surface area (TPSA) is 48.6 Å². The molecule has 3 heterocycles. The van der Waals surface area contributed by atoms with Crippen molar-refractivity contribution < 1.29 is 0 Å². The lowest BCUT2D eigenvalue weighted by atomic mass is 9.98. The Morgan fingerprint density at radius 2 is 1.95 bits per heavy atom. The molecule has 0 bridgehead atoms. The zero-order valence-corrected chi connectivity index (χ0v) is 12.3. The molecule has 2 N–H and O–H groups in total. The Morgan fingerprint density at radius 1 is 1.15 bits per heavy atom. The Morgan fingerprint density at radius 3 is 2.65 bits per heavy atom. The summed E-state index contributed by atoms with van der Waals surface area (Å²) in [5.74, 6) is 1.09. The molecule has 20 heavy (non-hydrogen) atoms. The Bertz CT molecular complexity index is 416. The maximum absolute atomic E-state index is 6.32. The third-order valence-corrected chi connectivity index (χ3v) is 4.59. The van der Waals surface area contributed by atoms with Gasteiger partial charge in [0.25, 0.3) is 0 Å². The molecule has 1 aromatic heterocycles. The van der Waals surface area contributed by atoms with E-state index in [0.717, 1.165) is 51.5 Å². The highest BCUT2D eigenvalue weighted by molar-refractivity contribution is 5.38. The number of nitrogens with zero attached hydrogens (tertiary/aromatic N) is 4. The Hall–Kier alpha value is -1.17. The highest BCUT2D eigenvalue weighted by atomic mass is 15.3. The summed E-state index contributed by atoms with van der Waals surface area (Å²) in [6, 6.07) is 6.96. The van der Waals surface area contributed by atoms with Gasteiger partial charge in [-0.1, -0.05) is 6.07 Å². The highest BCUT2D eigenvalue weighted by Crippen LogP contribution is 2.18. The number of nitrogens with two attached hydrogens (primary N) is 1. The summed E-state index contributed by atoms with van der Waals surface area (Å²) in [5.41, 5.74) is 6.32. The fraction of sp³-hybridized carbons (Fsp3) is 0.667. The summed E-state index contributed by atoms with van der Waals surface area (Å²) in [6.45, 7) is 6.50. The molecule has 0 saturated carbocycles. The standard InChI is InChI=1S/C15H25N5/c1-18-7-5-13(16)14(12-18)19-8-10-20(11-9-19)15-4-2-3-6-17-15/h2-4,6,13-14H,5,7-12,16H2,1H3. The molecule has 2 aliphatic heterocycles. The lowest BCUT2D eigenvalue weighted by Crippen LogP contribution is -2.61. The maximum Gasteiger partial charge on any atom is 0.128 e. The molecule has 5 nitrogen and oxygen atoms in total. The van der Waals surface area contributed by atoms with Crippen molar-refractivity contribution in [3.63, 3.8) is 0 Å². The molecule has 0 aromatic carbocycles. The number of piperidine rings is 1. The van der Waals surface area contributed by atoms with Gasteiger partial charge in [0, 0.05) is 51.0 Å². The molecule has 0 amide bonds. The van der Waals surface area contributed by atoms with Crippen molar-refractivity contribution in [3.8, 4) is 0 Å². The average molecular weight is 275 g/mol. The number of aromatic nitrogens is 1. The average Bonchev–Trinajstić information content (AvgIpc) is 2.51. The van der Waals surface area contributed by atoms with Crippen molar-refractivity contribution in [1.82, 2.24) is 14.8 Å². The van der Waals surface area contributed by atoms with E-state index in [1.165, 1.54) is 0 Å². The van der Waals surface area contributed by atoms with Crippen molar-refractivity contribution in [2.75, 3.05) is 51.2 Å². The van der Waals surface area contributed by atoms with E-state index in [2.05, 4.69) is 38.9 Å². The van der Waals surface area contributed by atoms with Gasteiger partial charge in [-0.2, -0.15) is 0 Å². The quantitative estimate of drug-likeness (QED) is 0.837. The van der Waals surface area contributed by atoms with Gasteiger partial charge >= 0.3 is 0 Å². The van der Waals surface area contributed by atoms with Crippen molar-refractivity contribution in [1.29, 1.82) is 0 Å². The fourth-order valence-electron chi connectivity index (χ4n) is 3.32. The molecule has 2 aliphatic rings. The second kappa shape index (κ2) is 6.08. The van der Waals surface area contributed by atoms with Crippen LogP contribution in [0.15, 0.2) is 24.4 Å². The van der Waals surface area contributed by atoms with Crippen LogP contribution in [0.4, 0.5) is 5.82 Å². The first-order chi connectivity index (χ1) is 9.74. The number of likely N-dealkylation sites (N-methyl/N-ethyl adjacent to an activating group) is 1. The van der Waals surface area contributed by atoms with Gasteiger partial charge < -0.3 is 15.5 Å². The van der Waals surface area contributed by atoms with E-state index in [4.69, 9.17) is 5.73 Å². The molecule has 3 rings (SSSR count). The number of likely N-dealkylation sites (tertiary alicyclic amines) is 1. The molecule has 0 spiro atoms. The van der Waals surface area contributed by atoms with Gasteiger partial charge in [-0.3, -0.25) is 4.90 Å². The van der Waals surface area contributed by atoms with Crippen LogP contribution in [0.3, 0.4) is 0 Å². The minimum atomic E-state index is 0.326. The molecule has 0 radical (unpaired) electrons. The molecule has 110 valence electrons. The van der Waals surface area contributed by atoms with Gasteiger partial charge in [0.2, 0.25) is 0 Å². The highest BCUT2D eigenvalue weighted by Gasteiger charge is 2.31. The molecule has 2 saturated heterocycles. The molecule has 5 heteroatoms. The summed E-state index contributed by atoms with van der Waals surface area (Å²) >= 11 is 0. The minimum absolute atomic E-state index is 0.326. The molecule has 2 unspecified atom stereocenters. The summed E-state index contributed by atoms with van der Waals surface area (Å²) < 4.78 is 0. The number of anilines is 1. The lowest BCUT2D eigenvalue weighted by Gasteiger charge is -2.45. The number of hydrogen-bond acceptors (Lipinski definition) is 5. The first-order valence-electron chi connectivity index (χ1n) is 7.58. The molecular weight excluding hydrogens is 250 g/mol. The van der Waals surface area contributed by atoms with Gasteiger partial charge in [-0.25, -0.2) is 4.98 Å². The largest absolute Gasteiger partial charge is 0.354 e. The second-order valence-corrected chi connectivity index (χ2v) is 5.99. The first kappa shape index (κ1) is 13.8. The number of pyridine rings is 1. The van der Waals surface area contributed by atoms with Crippen molar-refractivity contribution in [3.05, 3.63) is 24.4 Å². The Labute approximate surface area is 121 Å². The zero-order valence-electron chi connectivity index (χ0n) is 12.3. The van der Waals surface area contributed by atoms with Crippen LogP contribution in [0.5, 0.6) is 0 Å². The van der Waals surface area contributed by atoms with E-state index in [1.807, 2.05) is 12.3 Å². The third kappa shape index (κ3) is 2.95. The Kier molecular flexibility index (Phi) is 4.19. The molecular formula is C15H25N5. The SMILES string of the molecule is CN1CCC(N)C(N2CCN(c3ccccn3)CC2)C1. The minimum Gasteiger partial charge on any atom is -0.354 e. The van der Waals surface area contributed by atoms with Crippen LogP contribution in [-0.4, -0.2) is 73.2 Å². The zero-order chi connectivity index (χ0) is 13.9. The van der Waals surface area contributed by atoms with Gasteiger partial charge in [0.15, 0.2) is 0 Å². The van der Waals surface area contributed by atoms with Crippen molar-refractivity contribution >= 4 is 5.82 Å².